The number of aromatic amines is 1. The quantitative estimate of drug-likeness (QED) is 0.707. The minimum atomic E-state index is -0.0458. The molecule has 5 heteroatoms. The number of pyridine rings is 1. The van der Waals surface area contributed by atoms with Crippen LogP contribution in [-0.4, -0.2) is 16.6 Å². The van der Waals surface area contributed by atoms with Crippen molar-refractivity contribution in [3.63, 3.8) is 0 Å². The second kappa shape index (κ2) is 7.79. The number of hydrogen-bond acceptors (Lipinski definition) is 3. The summed E-state index contributed by atoms with van der Waals surface area (Å²) in [6.45, 7) is 5.98. The maximum Gasteiger partial charge on any atom is 0.234 e. The van der Waals surface area contributed by atoms with Gasteiger partial charge in [0.25, 0.3) is 0 Å². The third-order valence-corrected chi connectivity index (χ3v) is 5.11. The molecule has 1 amide bonds. The third-order valence-electron chi connectivity index (χ3n) is 4.13. The Hall–Kier alpha value is -2.53. The van der Waals surface area contributed by atoms with E-state index in [1.807, 2.05) is 51.1 Å². The Morgan fingerprint density at radius 2 is 1.88 bits per heavy atom. The maximum absolute atomic E-state index is 12.4. The molecule has 1 heterocycles. The standard InChI is InChI=1S/C21H22N2O2S/c1-13-5-4-6-16(8-13)22-20(25)12-26-11-17-10-19(24)18-9-14(2)7-15(3)21(18)23-17/h4-10H,11-12H2,1-3H3,(H,22,25)(H,23,24). The van der Waals surface area contributed by atoms with Crippen molar-refractivity contribution in [2.45, 2.75) is 26.5 Å². The summed E-state index contributed by atoms with van der Waals surface area (Å²) < 4.78 is 0. The number of nitrogens with one attached hydrogen (secondary N) is 2. The Bertz CT molecular complexity index is 1020. The Labute approximate surface area is 157 Å². The molecule has 0 atom stereocenters. The molecule has 1 aromatic heterocycles. The lowest BCUT2D eigenvalue weighted by molar-refractivity contribution is -0.113. The monoisotopic (exact) mass is 366 g/mol. The fourth-order valence-corrected chi connectivity index (χ4v) is 3.75. The molecule has 0 spiro atoms. The van der Waals surface area contributed by atoms with Crippen molar-refractivity contribution in [1.82, 2.24) is 4.98 Å². The second-order valence-electron chi connectivity index (χ2n) is 6.57. The predicted molar refractivity (Wildman–Crippen MR) is 110 cm³/mol. The van der Waals surface area contributed by atoms with Crippen LogP contribution in [0.25, 0.3) is 10.9 Å². The molecular formula is C21H22N2O2S. The first-order valence-corrected chi connectivity index (χ1v) is 9.65. The van der Waals surface area contributed by atoms with Crippen LogP contribution in [-0.2, 0) is 10.5 Å². The Balaban J connectivity index is 1.65. The summed E-state index contributed by atoms with van der Waals surface area (Å²) in [5, 5.41) is 3.61. The Morgan fingerprint density at radius 1 is 1.08 bits per heavy atom. The van der Waals surface area contributed by atoms with Crippen molar-refractivity contribution in [2.75, 3.05) is 11.1 Å². The molecule has 2 N–H and O–H groups in total. The highest BCUT2D eigenvalue weighted by Gasteiger charge is 2.07. The van der Waals surface area contributed by atoms with Gasteiger partial charge in [-0.05, 0) is 55.7 Å². The van der Waals surface area contributed by atoms with Crippen molar-refractivity contribution in [3.8, 4) is 0 Å². The zero-order valence-electron chi connectivity index (χ0n) is 15.2. The molecule has 0 saturated carbocycles. The van der Waals surface area contributed by atoms with Gasteiger partial charge in [0, 0.05) is 28.6 Å². The molecule has 2 aromatic carbocycles. The van der Waals surface area contributed by atoms with Crippen LogP contribution in [0.5, 0.6) is 0 Å². The molecule has 0 fully saturated rings. The summed E-state index contributed by atoms with van der Waals surface area (Å²) in [4.78, 5) is 27.8. The number of fused-ring (bicyclic) bond motifs is 1. The third kappa shape index (κ3) is 4.35. The number of thioether (sulfide) groups is 1. The van der Waals surface area contributed by atoms with Crippen LogP contribution in [0.15, 0.2) is 47.3 Å². The summed E-state index contributed by atoms with van der Waals surface area (Å²) in [5.74, 6) is 0.871. The second-order valence-corrected chi connectivity index (χ2v) is 7.56. The minimum Gasteiger partial charge on any atom is -0.357 e. The van der Waals surface area contributed by atoms with Gasteiger partial charge < -0.3 is 10.3 Å². The molecule has 0 aliphatic carbocycles. The van der Waals surface area contributed by atoms with E-state index in [1.165, 1.54) is 11.8 Å². The molecule has 0 aliphatic heterocycles. The summed E-state index contributed by atoms with van der Waals surface area (Å²) >= 11 is 1.48. The van der Waals surface area contributed by atoms with Crippen LogP contribution in [0.4, 0.5) is 5.69 Å². The molecule has 0 aliphatic rings. The number of aromatic nitrogens is 1. The fraction of sp³-hybridized carbons (Fsp3) is 0.238. The summed E-state index contributed by atoms with van der Waals surface area (Å²) in [6.07, 6.45) is 0. The van der Waals surface area contributed by atoms with Gasteiger partial charge in [0.1, 0.15) is 0 Å². The summed E-state index contributed by atoms with van der Waals surface area (Å²) in [6, 6.07) is 13.3. The molecule has 4 nitrogen and oxygen atoms in total. The van der Waals surface area contributed by atoms with Crippen LogP contribution in [0, 0.1) is 20.8 Å². The van der Waals surface area contributed by atoms with Crippen molar-refractivity contribution in [3.05, 3.63) is 75.1 Å². The lowest BCUT2D eigenvalue weighted by Crippen LogP contribution is -2.14. The largest absolute Gasteiger partial charge is 0.357 e. The van der Waals surface area contributed by atoms with Crippen molar-refractivity contribution in [1.29, 1.82) is 0 Å². The van der Waals surface area contributed by atoms with Crippen molar-refractivity contribution in [2.24, 2.45) is 0 Å². The van der Waals surface area contributed by atoms with Gasteiger partial charge in [0.15, 0.2) is 5.43 Å². The van der Waals surface area contributed by atoms with Gasteiger partial charge in [-0.2, -0.15) is 0 Å². The fourth-order valence-electron chi connectivity index (χ4n) is 3.01. The highest BCUT2D eigenvalue weighted by atomic mass is 32.2. The number of carbonyl (C=O) groups is 1. The van der Waals surface area contributed by atoms with Crippen LogP contribution in [0.3, 0.4) is 0 Å². The number of amides is 1. The van der Waals surface area contributed by atoms with Gasteiger partial charge in [-0.1, -0.05) is 18.2 Å². The zero-order valence-corrected chi connectivity index (χ0v) is 16.0. The molecule has 0 radical (unpaired) electrons. The predicted octanol–water partition coefficient (Wildman–Crippen LogP) is 4.33. The Morgan fingerprint density at radius 3 is 2.65 bits per heavy atom. The molecule has 3 aromatic rings. The van der Waals surface area contributed by atoms with Crippen LogP contribution in [0.2, 0.25) is 0 Å². The molecule has 26 heavy (non-hydrogen) atoms. The SMILES string of the molecule is Cc1cccc(NC(=O)CSCc2cc(=O)c3cc(C)cc(C)c3[nH]2)c1. The highest BCUT2D eigenvalue weighted by Crippen LogP contribution is 2.18. The van der Waals surface area contributed by atoms with E-state index in [-0.39, 0.29) is 11.3 Å². The number of carbonyl (C=O) groups excluding carboxylic acids is 1. The maximum atomic E-state index is 12.4. The van der Waals surface area contributed by atoms with Crippen LogP contribution >= 0.6 is 11.8 Å². The van der Waals surface area contributed by atoms with Gasteiger partial charge in [0.2, 0.25) is 5.91 Å². The molecule has 0 bridgehead atoms. The lowest BCUT2D eigenvalue weighted by atomic mass is 10.1. The molecule has 3 rings (SSSR count). The first-order chi connectivity index (χ1) is 12.4. The number of hydrogen-bond donors (Lipinski definition) is 2. The van der Waals surface area contributed by atoms with Crippen LogP contribution in [0.1, 0.15) is 22.4 Å². The summed E-state index contributed by atoms with van der Waals surface area (Å²) in [7, 11) is 0. The van der Waals surface area contributed by atoms with Crippen molar-refractivity contribution < 1.29 is 4.79 Å². The number of aryl methyl sites for hydroxylation is 3. The van der Waals surface area contributed by atoms with Crippen molar-refractivity contribution >= 4 is 34.3 Å². The zero-order chi connectivity index (χ0) is 18.7. The van der Waals surface area contributed by atoms with Crippen LogP contribution < -0.4 is 10.7 Å². The summed E-state index contributed by atoms with van der Waals surface area (Å²) in [5.41, 5.74) is 5.78. The van der Waals surface area contributed by atoms with E-state index in [0.717, 1.165) is 33.6 Å². The molecule has 0 saturated heterocycles. The average Bonchev–Trinajstić information content (AvgIpc) is 2.56. The molecule has 0 unspecified atom stereocenters. The minimum absolute atomic E-state index is 0.0189. The number of rotatable bonds is 5. The van der Waals surface area contributed by atoms with E-state index in [9.17, 15) is 9.59 Å². The number of benzene rings is 2. The lowest BCUT2D eigenvalue weighted by Gasteiger charge is -2.08. The number of H-pyrrole nitrogens is 1. The number of anilines is 1. The van der Waals surface area contributed by atoms with E-state index in [4.69, 9.17) is 0 Å². The van der Waals surface area contributed by atoms with E-state index < -0.39 is 0 Å². The highest BCUT2D eigenvalue weighted by molar-refractivity contribution is 7.99. The molecule has 134 valence electrons. The van der Waals surface area contributed by atoms with E-state index in [0.29, 0.717) is 16.9 Å². The average molecular weight is 366 g/mol. The Kier molecular flexibility index (Phi) is 5.47. The first-order valence-electron chi connectivity index (χ1n) is 8.50. The van der Waals surface area contributed by atoms with E-state index in [2.05, 4.69) is 16.4 Å². The van der Waals surface area contributed by atoms with E-state index >= 15 is 0 Å². The van der Waals surface area contributed by atoms with Gasteiger partial charge >= 0.3 is 0 Å². The van der Waals surface area contributed by atoms with Gasteiger partial charge in [-0.3, -0.25) is 9.59 Å². The topological polar surface area (TPSA) is 62.0 Å². The smallest absolute Gasteiger partial charge is 0.234 e. The first kappa shape index (κ1) is 18.3. The van der Waals surface area contributed by atoms with Gasteiger partial charge in [-0.25, -0.2) is 0 Å². The molecular weight excluding hydrogens is 344 g/mol. The van der Waals surface area contributed by atoms with Gasteiger partial charge in [-0.15, -0.1) is 11.8 Å². The normalized spacial score (nSPS) is 10.9. The van der Waals surface area contributed by atoms with E-state index in [1.54, 1.807) is 6.07 Å². The van der Waals surface area contributed by atoms with Gasteiger partial charge in [0.05, 0.1) is 11.3 Å².